The number of methoxy groups -OCH3 is 1. The highest BCUT2D eigenvalue weighted by atomic mass is 32.2. The van der Waals surface area contributed by atoms with Crippen LogP contribution >= 0.6 is 0 Å². The molecule has 3 atom stereocenters. The van der Waals surface area contributed by atoms with Crippen LogP contribution in [-0.2, 0) is 28.6 Å². The first-order valence-electron chi connectivity index (χ1n) is 8.21. The highest BCUT2D eigenvalue weighted by Gasteiger charge is 2.50. The van der Waals surface area contributed by atoms with Gasteiger partial charge in [-0.25, -0.2) is 9.59 Å². The minimum absolute atomic E-state index is 0.0924. The van der Waals surface area contributed by atoms with Crippen LogP contribution in [0.2, 0.25) is 0 Å². The molecule has 1 aliphatic heterocycles. The van der Waals surface area contributed by atoms with Crippen LogP contribution in [0.3, 0.4) is 0 Å². The Labute approximate surface area is 154 Å². The molecule has 1 saturated heterocycles. The lowest BCUT2D eigenvalue weighted by atomic mass is 9.75. The number of likely N-dealkylation sites (tertiary alicyclic amines) is 1. The van der Waals surface area contributed by atoms with Crippen molar-refractivity contribution in [1.29, 1.82) is 0 Å². The molecule has 0 saturated carbocycles. The first-order valence-corrected chi connectivity index (χ1v) is 9.62. The Hall–Kier alpha value is -1.98. The van der Waals surface area contributed by atoms with E-state index in [1.807, 2.05) is 0 Å². The molecule has 0 spiro atoms. The van der Waals surface area contributed by atoms with Crippen molar-refractivity contribution in [2.45, 2.75) is 37.7 Å². The number of ether oxygens (including phenoxy) is 2. The molecule has 1 fully saturated rings. The number of fused-ring (bicyclic) bond motifs is 1. The summed E-state index contributed by atoms with van der Waals surface area (Å²) in [7, 11) is -4.57. The fraction of sp³-hybridized carbons (Fsp3) is 0.733. The fourth-order valence-corrected chi connectivity index (χ4v) is 3.83. The highest BCUT2D eigenvalue weighted by Crippen LogP contribution is 2.40. The molecule has 1 aliphatic carbocycles. The molecule has 8 nitrogen and oxygen atoms in total. The Bertz CT molecular complexity index is 719. The van der Waals surface area contributed by atoms with Crippen LogP contribution in [0.4, 0.5) is 18.0 Å². The number of nitrogens with zero attached hydrogens (tertiary/aromatic N) is 1. The number of halogens is 3. The number of hydrogen-bond donors (Lipinski definition) is 0. The number of amides is 1. The Balaban J connectivity index is 2.18. The lowest BCUT2D eigenvalue weighted by Gasteiger charge is -2.43. The summed E-state index contributed by atoms with van der Waals surface area (Å²) in [5, 5.41) is 0. The molecule has 0 radical (unpaired) electrons. The predicted molar refractivity (Wildman–Crippen MR) is 84.5 cm³/mol. The zero-order valence-electron chi connectivity index (χ0n) is 14.7. The summed E-state index contributed by atoms with van der Waals surface area (Å²) >= 11 is 0. The van der Waals surface area contributed by atoms with Gasteiger partial charge in [0.1, 0.15) is 11.8 Å². The molecule has 154 valence electrons. The van der Waals surface area contributed by atoms with Crippen molar-refractivity contribution in [1.82, 2.24) is 4.90 Å². The molecule has 0 aromatic heterocycles. The van der Waals surface area contributed by atoms with E-state index in [-0.39, 0.29) is 50.0 Å². The van der Waals surface area contributed by atoms with Gasteiger partial charge in [0.2, 0.25) is 0 Å². The molecule has 0 bridgehead atoms. The molecule has 2 rings (SSSR count). The third-order valence-electron chi connectivity index (χ3n) is 4.58. The highest BCUT2D eigenvalue weighted by molar-refractivity contribution is 7.87. The Morgan fingerprint density at radius 3 is 2.52 bits per heavy atom. The third kappa shape index (κ3) is 4.66. The Morgan fingerprint density at radius 2 is 1.96 bits per heavy atom. The van der Waals surface area contributed by atoms with E-state index in [1.54, 1.807) is 6.92 Å². The van der Waals surface area contributed by atoms with E-state index in [0.717, 1.165) is 0 Å². The van der Waals surface area contributed by atoms with Gasteiger partial charge in [0.25, 0.3) is 0 Å². The average molecular weight is 415 g/mol. The first kappa shape index (κ1) is 21.3. The summed E-state index contributed by atoms with van der Waals surface area (Å²) < 4.78 is 73.7. The second-order valence-corrected chi connectivity index (χ2v) is 7.78. The molecule has 1 amide bonds. The summed E-state index contributed by atoms with van der Waals surface area (Å²) in [4.78, 5) is 25.4. The molecule has 1 heterocycles. The SMILES string of the molecule is CCOC(=O)[C@@H]1C[C@H]2CC(OS(=O)(=O)C(F)(F)F)=CC[C@@H]2CN1C(=O)OC. The van der Waals surface area contributed by atoms with Gasteiger partial charge in [-0.3, -0.25) is 4.90 Å². The molecule has 0 unspecified atom stereocenters. The quantitative estimate of drug-likeness (QED) is 0.394. The van der Waals surface area contributed by atoms with Crippen molar-refractivity contribution in [2.24, 2.45) is 11.8 Å². The summed E-state index contributed by atoms with van der Waals surface area (Å²) in [5.41, 5.74) is -5.52. The zero-order chi connectivity index (χ0) is 20.4. The molecular weight excluding hydrogens is 395 g/mol. The molecule has 27 heavy (non-hydrogen) atoms. The molecule has 0 aromatic rings. The van der Waals surface area contributed by atoms with Crippen LogP contribution in [0.5, 0.6) is 0 Å². The summed E-state index contributed by atoms with van der Waals surface area (Å²) in [6.45, 7) is 1.83. The maximum Gasteiger partial charge on any atom is 0.534 e. The molecule has 0 N–H and O–H groups in total. The number of allylic oxidation sites excluding steroid dienone is 2. The number of alkyl halides is 3. The Morgan fingerprint density at radius 1 is 1.30 bits per heavy atom. The van der Waals surface area contributed by atoms with Gasteiger partial charge in [-0.15, -0.1) is 0 Å². The van der Waals surface area contributed by atoms with E-state index in [1.165, 1.54) is 18.1 Å². The van der Waals surface area contributed by atoms with Crippen LogP contribution in [0.15, 0.2) is 11.8 Å². The van der Waals surface area contributed by atoms with Gasteiger partial charge >= 0.3 is 27.7 Å². The van der Waals surface area contributed by atoms with E-state index in [0.29, 0.717) is 0 Å². The van der Waals surface area contributed by atoms with Gasteiger partial charge < -0.3 is 13.7 Å². The molecular formula is C15H20F3NO7S. The van der Waals surface area contributed by atoms with Crippen LogP contribution < -0.4 is 0 Å². The lowest BCUT2D eigenvalue weighted by Crippen LogP contribution is -2.54. The van der Waals surface area contributed by atoms with Gasteiger partial charge in [0, 0.05) is 13.0 Å². The molecule has 0 aromatic carbocycles. The number of carbonyl (C=O) groups is 2. The average Bonchev–Trinajstić information content (AvgIpc) is 2.58. The summed E-state index contributed by atoms with van der Waals surface area (Å²) in [6.07, 6.45) is 0.772. The topological polar surface area (TPSA) is 99.2 Å². The number of esters is 1. The van der Waals surface area contributed by atoms with Crippen molar-refractivity contribution in [3.05, 3.63) is 11.8 Å². The number of rotatable bonds is 4. The van der Waals surface area contributed by atoms with Crippen molar-refractivity contribution in [3.63, 3.8) is 0 Å². The third-order valence-corrected chi connectivity index (χ3v) is 5.58. The van der Waals surface area contributed by atoms with E-state index in [9.17, 15) is 31.2 Å². The Kier molecular flexibility index (Phi) is 6.28. The number of piperidine rings is 1. The van der Waals surface area contributed by atoms with E-state index in [4.69, 9.17) is 4.74 Å². The lowest BCUT2D eigenvalue weighted by molar-refractivity contribution is -0.151. The van der Waals surface area contributed by atoms with Crippen molar-refractivity contribution in [2.75, 3.05) is 20.3 Å². The van der Waals surface area contributed by atoms with Gasteiger partial charge in [0.05, 0.1) is 13.7 Å². The van der Waals surface area contributed by atoms with Gasteiger partial charge in [-0.1, -0.05) is 0 Å². The van der Waals surface area contributed by atoms with Crippen LogP contribution in [0.25, 0.3) is 0 Å². The smallest absolute Gasteiger partial charge is 0.464 e. The molecule has 12 heteroatoms. The normalized spacial score (nSPS) is 25.9. The van der Waals surface area contributed by atoms with Crippen LogP contribution in [-0.4, -0.2) is 57.2 Å². The number of hydrogen-bond acceptors (Lipinski definition) is 7. The van der Waals surface area contributed by atoms with E-state index >= 15 is 0 Å². The first-order chi connectivity index (χ1) is 12.5. The van der Waals surface area contributed by atoms with Crippen molar-refractivity contribution >= 4 is 22.2 Å². The van der Waals surface area contributed by atoms with Crippen molar-refractivity contribution in [3.8, 4) is 0 Å². The largest absolute Gasteiger partial charge is 0.534 e. The van der Waals surface area contributed by atoms with Crippen molar-refractivity contribution < 1.29 is 44.8 Å². The summed E-state index contributed by atoms with van der Waals surface area (Å²) in [5.74, 6) is -1.48. The predicted octanol–water partition coefficient (Wildman–Crippen LogP) is 2.17. The number of carbonyl (C=O) groups excluding carboxylic acids is 2. The van der Waals surface area contributed by atoms with Gasteiger partial charge in [0.15, 0.2) is 0 Å². The maximum atomic E-state index is 12.5. The van der Waals surface area contributed by atoms with Crippen LogP contribution in [0.1, 0.15) is 26.2 Å². The van der Waals surface area contributed by atoms with Gasteiger partial charge in [-0.05, 0) is 37.7 Å². The van der Waals surface area contributed by atoms with E-state index in [2.05, 4.69) is 8.92 Å². The monoisotopic (exact) mass is 415 g/mol. The van der Waals surface area contributed by atoms with Crippen LogP contribution in [0, 0.1) is 11.8 Å². The molecule has 2 aliphatic rings. The standard InChI is InChI=1S/C15H20F3NO7S/c1-3-25-13(20)12-7-10-6-11(26-27(22,23)15(16,17)18)5-4-9(10)8-19(12)14(21)24-2/h5,9-10,12H,3-4,6-8H2,1-2H3/t9-,10-,12+/m1/s1. The zero-order valence-corrected chi connectivity index (χ0v) is 15.5. The maximum absolute atomic E-state index is 12.5. The second-order valence-electron chi connectivity index (χ2n) is 6.24. The fourth-order valence-electron chi connectivity index (χ4n) is 3.31. The summed E-state index contributed by atoms with van der Waals surface area (Å²) in [6, 6.07) is -0.961. The van der Waals surface area contributed by atoms with E-state index < -0.39 is 33.7 Å². The minimum Gasteiger partial charge on any atom is -0.464 e. The second kappa shape index (κ2) is 7.95. The van der Waals surface area contributed by atoms with Gasteiger partial charge in [-0.2, -0.15) is 21.6 Å². The minimum atomic E-state index is -5.75.